The van der Waals surface area contributed by atoms with Crippen molar-refractivity contribution in [1.29, 1.82) is 0 Å². The number of hydrogen-bond donors (Lipinski definition) is 0. The summed E-state index contributed by atoms with van der Waals surface area (Å²) in [5, 5.41) is 2.14. The van der Waals surface area contributed by atoms with Crippen LogP contribution in [-0.2, 0) is 11.3 Å². The lowest BCUT2D eigenvalue weighted by Crippen LogP contribution is -2.36. The Morgan fingerprint density at radius 1 is 1.04 bits per heavy atom. The Morgan fingerprint density at radius 3 is 2.71 bits per heavy atom. The Hall–Kier alpha value is -1.65. The van der Waals surface area contributed by atoms with E-state index in [0.717, 1.165) is 45.6 Å². The molecule has 2 heterocycles. The summed E-state index contributed by atoms with van der Waals surface area (Å²) >= 11 is 1.82. The van der Waals surface area contributed by atoms with E-state index in [1.54, 1.807) is 0 Å². The number of carbonyl (C=O) groups excluding carboxylic acids is 1. The van der Waals surface area contributed by atoms with Gasteiger partial charge in [-0.2, -0.15) is 0 Å². The maximum absolute atomic E-state index is 12.8. The third-order valence-electron chi connectivity index (χ3n) is 5.20. The second-order valence-corrected chi connectivity index (χ2v) is 7.93. The molecule has 1 aromatic carbocycles. The minimum atomic E-state index is 0.219. The van der Waals surface area contributed by atoms with Gasteiger partial charge in [-0.1, -0.05) is 36.4 Å². The zero-order chi connectivity index (χ0) is 16.4. The van der Waals surface area contributed by atoms with Crippen molar-refractivity contribution in [3.05, 3.63) is 58.3 Å². The van der Waals surface area contributed by atoms with Gasteiger partial charge in [0.15, 0.2) is 0 Å². The van der Waals surface area contributed by atoms with Crippen LogP contribution in [0.3, 0.4) is 0 Å². The van der Waals surface area contributed by atoms with Crippen molar-refractivity contribution < 1.29 is 4.79 Å². The first kappa shape index (κ1) is 15.9. The van der Waals surface area contributed by atoms with Crippen LogP contribution < -0.4 is 0 Å². The number of hydrogen-bond acceptors (Lipinski definition) is 3. The van der Waals surface area contributed by atoms with Crippen LogP contribution in [0.1, 0.15) is 29.2 Å². The van der Waals surface area contributed by atoms with E-state index in [0.29, 0.717) is 11.8 Å². The van der Waals surface area contributed by atoms with Gasteiger partial charge in [0, 0.05) is 43.5 Å². The molecule has 0 radical (unpaired) electrons. The lowest BCUT2D eigenvalue weighted by Gasteiger charge is -2.22. The summed E-state index contributed by atoms with van der Waals surface area (Å²) in [5.74, 6) is 1.04. The van der Waals surface area contributed by atoms with Gasteiger partial charge < -0.3 is 4.90 Å². The molecule has 2 aliphatic rings. The largest absolute Gasteiger partial charge is 0.341 e. The molecule has 1 amide bonds. The number of nitrogens with zero attached hydrogens (tertiary/aromatic N) is 2. The maximum Gasteiger partial charge on any atom is 0.226 e. The molecule has 2 fully saturated rings. The second-order valence-electron chi connectivity index (χ2n) is 6.89. The second kappa shape index (κ2) is 7.08. The first-order valence-electron chi connectivity index (χ1n) is 8.90. The van der Waals surface area contributed by atoms with Crippen molar-refractivity contribution in [1.82, 2.24) is 9.80 Å². The third-order valence-corrected chi connectivity index (χ3v) is 6.06. The highest BCUT2D eigenvalue weighted by molar-refractivity contribution is 7.09. The Morgan fingerprint density at radius 2 is 1.92 bits per heavy atom. The predicted molar refractivity (Wildman–Crippen MR) is 98.1 cm³/mol. The highest BCUT2D eigenvalue weighted by Gasteiger charge is 2.45. The van der Waals surface area contributed by atoms with Gasteiger partial charge in [0.05, 0.1) is 0 Å². The standard InChI is InChI=1S/C20H24N2OS/c23-20(19-14-18(19)16-6-2-1-3-7-16)22-10-5-9-21(11-12-22)15-17-8-4-13-24-17/h1-4,6-8,13,18-19H,5,9-12,14-15H2. The van der Waals surface area contributed by atoms with E-state index in [4.69, 9.17) is 0 Å². The van der Waals surface area contributed by atoms with E-state index in [9.17, 15) is 4.79 Å². The van der Waals surface area contributed by atoms with E-state index in [2.05, 4.69) is 51.6 Å². The predicted octanol–water partition coefficient (Wildman–Crippen LogP) is 3.59. The molecule has 1 saturated carbocycles. The van der Waals surface area contributed by atoms with Crippen LogP contribution in [0.15, 0.2) is 47.8 Å². The molecule has 4 rings (SSSR count). The number of amides is 1. The molecule has 2 unspecified atom stereocenters. The van der Waals surface area contributed by atoms with Crippen LogP contribution in [-0.4, -0.2) is 41.9 Å². The Balaban J connectivity index is 1.32. The molecular weight excluding hydrogens is 316 g/mol. The minimum absolute atomic E-state index is 0.219. The summed E-state index contributed by atoms with van der Waals surface area (Å²) in [7, 11) is 0. The van der Waals surface area contributed by atoms with Crippen LogP contribution in [0.5, 0.6) is 0 Å². The molecule has 1 aromatic heterocycles. The van der Waals surface area contributed by atoms with Crippen molar-refractivity contribution >= 4 is 17.2 Å². The van der Waals surface area contributed by atoms with E-state index in [-0.39, 0.29) is 5.92 Å². The van der Waals surface area contributed by atoms with Gasteiger partial charge in [-0.3, -0.25) is 9.69 Å². The number of carbonyl (C=O) groups is 1. The van der Waals surface area contributed by atoms with Crippen molar-refractivity contribution in [3.8, 4) is 0 Å². The molecule has 1 aliphatic carbocycles. The Labute approximate surface area is 147 Å². The SMILES string of the molecule is O=C(C1CC1c1ccccc1)N1CCCN(Cc2cccs2)CC1. The maximum atomic E-state index is 12.8. The third kappa shape index (κ3) is 3.55. The normalized spacial score (nSPS) is 24.6. The molecule has 24 heavy (non-hydrogen) atoms. The van der Waals surface area contributed by atoms with Gasteiger partial charge in [-0.25, -0.2) is 0 Å². The first-order valence-corrected chi connectivity index (χ1v) is 9.78. The smallest absolute Gasteiger partial charge is 0.226 e. The highest BCUT2D eigenvalue weighted by atomic mass is 32.1. The summed E-state index contributed by atoms with van der Waals surface area (Å²) in [6.45, 7) is 4.90. The summed E-state index contributed by atoms with van der Waals surface area (Å²) in [6, 6.07) is 14.8. The first-order chi connectivity index (χ1) is 11.8. The zero-order valence-electron chi connectivity index (χ0n) is 13.9. The molecule has 0 bridgehead atoms. The molecule has 2 atom stereocenters. The van der Waals surface area contributed by atoms with E-state index >= 15 is 0 Å². The van der Waals surface area contributed by atoms with Crippen LogP contribution in [0, 0.1) is 5.92 Å². The molecule has 0 spiro atoms. The minimum Gasteiger partial charge on any atom is -0.341 e. The Kier molecular flexibility index (Phi) is 4.67. The lowest BCUT2D eigenvalue weighted by atomic mass is 10.1. The lowest BCUT2D eigenvalue weighted by molar-refractivity contribution is -0.132. The summed E-state index contributed by atoms with van der Waals surface area (Å²) < 4.78 is 0. The zero-order valence-corrected chi connectivity index (χ0v) is 14.8. The molecule has 0 N–H and O–H groups in total. The Bertz CT molecular complexity index is 670. The number of rotatable bonds is 4. The van der Waals surface area contributed by atoms with Crippen molar-refractivity contribution in [2.75, 3.05) is 26.2 Å². The fourth-order valence-corrected chi connectivity index (χ4v) is 4.49. The number of benzene rings is 1. The fourth-order valence-electron chi connectivity index (χ4n) is 3.74. The summed E-state index contributed by atoms with van der Waals surface area (Å²) in [4.78, 5) is 18.8. The van der Waals surface area contributed by atoms with Crippen molar-refractivity contribution in [2.45, 2.75) is 25.3 Å². The molecule has 2 aromatic rings. The summed E-state index contributed by atoms with van der Waals surface area (Å²) in [6.07, 6.45) is 2.11. The van der Waals surface area contributed by atoms with Crippen molar-refractivity contribution in [3.63, 3.8) is 0 Å². The fraction of sp³-hybridized carbons (Fsp3) is 0.450. The average Bonchev–Trinajstić information content (AvgIpc) is 3.32. The van der Waals surface area contributed by atoms with Gasteiger partial charge >= 0.3 is 0 Å². The monoisotopic (exact) mass is 340 g/mol. The quantitative estimate of drug-likeness (QED) is 0.849. The van der Waals surface area contributed by atoms with Gasteiger partial charge in [0.1, 0.15) is 0 Å². The summed E-state index contributed by atoms with van der Waals surface area (Å²) in [5.41, 5.74) is 1.32. The van der Waals surface area contributed by atoms with Crippen molar-refractivity contribution in [2.24, 2.45) is 5.92 Å². The molecule has 4 heteroatoms. The van der Waals surface area contributed by atoms with E-state index in [1.807, 2.05) is 17.4 Å². The topological polar surface area (TPSA) is 23.6 Å². The number of thiophene rings is 1. The molecule has 3 nitrogen and oxygen atoms in total. The van der Waals surface area contributed by atoms with Gasteiger partial charge in [0.25, 0.3) is 0 Å². The molecule has 126 valence electrons. The van der Waals surface area contributed by atoms with Crippen LogP contribution in [0.2, 0.25) is 0 Å². The van der Waals surface area contributed by atoms with Gasteiger partial charge in [0.2, 0.25) is 5.91 Å². The van der Waals surface area contributed by atoms with Gasteiger partial charge in [-0.05, 0) is 35.8 Å². The van der Waals surface area contributed by atoms with Crippen LogP contribution in [0.4, 0.5) is 0 Å². The van der Waals surface area contributed by atoms with Crippen LogP contribution >= 0.6 is 11.3 Å². The molecule has 1 saturated heterocycles. The highest BCUT2D eigenvalue weighted by Crippen LogP contribution is 2.48. The van der Waals surface area contributed by atoms with Crippen LogP contribution in [0.25, 0.3) is 0 Å². The average molecular weight is 340 g/mol. The van der Waals surface area contributed by atoms with E-state index in [1.165, 1.54) is 10.4 Å². The molecule has 1 aliphatic heterocycles. The van der Waals surface area contributed by atoms with E-state index < -0.39 is 0 Å². The molecular formula is C20H24N2OS. The van der Waals surface area contributed by atoms with Gasteiger partial charge in [-0.15, -0.1) is 11.3 Å².